The van der Waals surface area contributed by atoms with Crippen molar-refractivity contribution in [2.75, 3.05) is 12.3 Å². The average molecular weight is 285 g/mol. The summed E-state index contributed by atoms with van der Waals surface area (Å²) in [5.41, 5.74) is 6.05. The highest BCUT2D eigenvalue weighted by Gasteiger charge is 2.18. The summed E-state index contributed by atoms with van der Waals surface area (Å²) < 4.78 is 0. The van der Waals surface area contributed by atoms with Crippen molar-refractivity contribution in [1.29, 1.82) is 0 Å². The molecule has 0 saturated heterocycles. The van der Waals surface area contributed by atoms with Crippen molar-refractivity contribution >= 4 is 29.1 Å². The van der Waals surface area contributed by atoms with Crippen LogP contribution in [0.25, 0.3) is 0 Å². The summed E-state index contributed by atoms with van der Waals surface area (Å²) in [6, 6.07) is 0.716. The molecule has 0 saturated carbocycles. The van der Waals surface area contributed by atoms with E-state index in [0.29, 0.717) is 6.54 Å². The third kappa shape index (κ3) is 4.40. The van der Waals surface area contributed by atoms with Crippen LogP contribution in [0.5, 0.6) is 0 Å². The lowest BCUT2D eigenvalue weighted by molar-refractivity contribution is -0.122. The lowest BCUT2D eigenvalue weighted by atomic mass is 10.2. The van der Waals surface area contributed by atoms with Crippen LogP contribution in [0.1, 0.15) is 30.6 Å². The summed E-state index contributed by atoms with van der Waals surface area (Å²) >= 11 is 5.70. The van der Waals surface area contributed by atoms with Crippen LogP contribution in [-0.4, -0.2) is 29.4 Å². The van der Waals surface area contributed by atoms with Crippen LogP contribution in [0.3, 0.4) is 0 Å². The quantitative estimate of drug-likeness (QED) is 0.702. The standard InChI is InChI=1S/C12H17ClN4O2/c1-3-4-15-11(18)7(2)17-12(19)8-5-10(13)16-6-9(8)14/h5-7H,3-4,14H2,1-2H3,(H,15,18)(H,17,19). The van der Waals surface area contributed by atoms with E-state index >= 15 is 0 Å². The summed E-state index contributed by atoms with van der Waals surface area (Å²) in [5.74, 6) is -0.699. The second kappa shape index (κ2) is 6.94. The average Bonchev–Trinajstić information content (AvgIpc) is 2.38. The normalized spacial score (nSPS) is 11.7. The van der Waals surface area contributed by atoms with Crippen molar-refractivity contribution in [3.8, 4) is 0 Å². The van der Waals surface area contributed by atoms with Crippen LogP contribution in [0.2, 0.25) is 5.15 Å². The Hall–Kier alpha value is -1.82. The number of hydrogen-bond acceptors (Lipinski definition) is 4. The molecule has 0 fully saturated rings. The SMILES string of the molecule is CCCNC(=O)C(C)NC(=O)c1cc(Cl)ncc1N. The molecule has 1 aromatic rings. The summed E-state index contributed by atoms with van der Waals surface area (Å²) in [6.45, 7) is 4.12. The number of aromatic nitrogens is 1. The van der Waals surface area contributed by atoms with Gasteiger partial charge in [0.1, 0.15) is 11.2 Å². The maximum absolute atomic E-state index is 11.9. The lowest BCUT2D eigenvalue weighted by Crippen LogP contribution is -2.45. The number of amides is 2. The third-order valence-electron chi connectivity index (χ3n) is 2.44. The first-order valence-electron chi connectivity index (χ1n) is 5.95. The molecule has 104 valence electrons. The van der Waals surface area contributed by atoms with E-state index in [1.54, 1.807) is 6.92 Å². The smallest absolute Gasteiger partial charge is 0.254 e. The molecule has 1 heterocycles. The fraction of sp³-hybridized carbons (Fsp3) is 0.417. The monoisotopic (exact) mass is 284 g/mol. The highest BCUT2D eigenvalue weighted by Crippen LogP contribution is 2.14. The molecule has 2 amide bonds. The van der Waals surface area contributed by atoms with Gasteiger partial charge in [0.05, 0.1) is 17.4 Å². The minimum Gasteiger partial charge on any atom is -0.397 e. The van der Waals surface area contributed by atoms with Gasteiger partial charge in [0.15, 0.2) is 0 Å². The lowest BCUT2D eigenvalue weighted by Gasteiger charge is -2.14. The van der Waals surface area contributed by atoms with Crippen molar-refractivity contribution in [3.63, 3.8) is 0 Å². The highest BCUT2D eigenvalue weighted by atomic mass is 35.5. The number of pyridine rings is 1. The number of nitrogens with two attached hydrogens (primary N) is 1. The van der Waals surface area contributed by atoms with Gasteiger partial charge in [0.2, 0.25) is 5.91 Å². The number of nitrogens with one attached hydrogen (secondary N) is 2. The first-order valence-corrected chi connectivity index (χ1v) is 6.33. The summed E-state index contributed by atoms with van der Waals surface area (Å²) in [7, 11) is 0. The minimum absolute atomic E-state index is 0.169. The Morgan fingerprint density at radius 3 is 2.84 bits per heavy atom. The zero-order chi connectivity index (χ0) is 14.4. The van der Waals surface area contributed by atoms with Crippen LogP contribution in [0.15, 0.2) is 12.3 Å². The fourth-order valence-corrected chi connectivity index (χ4v) is 1.54. The number of nitrogen functional groups attached to an aromatic ring is 1. The Morgan fingerprint density at radius 2 is 2.21 bits per heavy atom. The van der Waals surface area contributed by atoms with Crippen molar-refractivity contribution in [1.82, 2.24) is 15.6 Å². The Morgan fingerprint density at radius 1 is 1.53 bits per heavy atom. The Labute approximate surface area is 116 Å². The van der Waals surface area contributed by atoms with Gasteiger partial charge >= 0.3 is 0 Å². The van der Waals surface area contributed by atoms with Crippen molar-refractivity contribution in [2.24, 2.45) is 0 Å². The molecule has 1 rings (SSSR count). The molecular weight excluding hydrogens is 268 g/mol. The molecule has 0 aliphatic carbocycles. The molecule has 6 nitrogen and oxygen atoms in total. The van der Waals surface area contributed by atoms with Gasteiger partial charge in [-0.25, -0.2) is 4.98 Å². The number of anilines is 1. The summed E-state index contributed by atoms with van der Waals surface area (Å²) in [4.78, 5) is 27.3. The first-order chi connectivity index (χ1) is 8.95. The Balaban J connectivity index is 2.68. The molecular formula is C12H17ClN4O2. The van der Waals surface area contributed by atoms with Gasteiger partial charge < -0.3 is 16.4 Å². The van der Waals surface area contributed by atoms with Crippen molar-refractivity contribution in [3.05, 3.63) is 23.0 Å². The second-order valence-corrected chi connectivity index (χ2v) is 4.47. The van der Waals surface area contributed by atoms with Crippen LogP contribution in [0, 0.1) is 0 Å². The van der Waals surface area contributed by atoms with E-state index in [9.17, 15) is 9.59 Å². The fourth-order valence-electron chi connectivity index (χ4n) is 1.38. The van der Waals surface area contributed by atoms with Crippen LogP contribution in [-0.2, 0) is 4.79 Å². The van der Waals surface area contributed by atoms with Crippen LogP contribution < -0.4 is 16.4 Å². The molecule has 0 bridgehead atoms. The zero-order valence-corrected chi connectivity index (χ0v) is 11.6. The molecule has 1 aromatic heterocycles. The van der Waals surface area contributed by atoms with Gasteiger partial charge in [-0.1, -0.05) is 18.5 Å². The van der Waals surface area contributed by atoms with E-state index in [1.807, 2.05) is 6.92 Å². The number of rotatable bonds is 5. The molecule has 0 aromatic carbocycles. The van der Waals surface area contributed by atoms with Gasteiger partial charge in [-0.2, -0.15) is 0 Å². The second-order valence-electron chi connectivity index (χ2n) is 4.08. The molecule has 7 heteroatoms. The van der Waals surface area contributed by atoms with Gasteiger partial charge in [0.25, 0.3) is 5.91 Å². The van der Waals surface area contributed by atoms with E-state index in [-0.39, 0.29) is 22.3 Å². The van der Waals surface area contributed by atoms with E-state index in [2.05, 4.69) is 15.6 Å². The van der Waals surface area contributed by atoms with Crippen LogP contribution in [0.4, 0.5) is 5.69 Å². The number of halogens is 1. The first kappa shape index (κ1) is 15.2. The summed E-state index contributed by atoms with van der Waals surface area (Å²) in [5, 5.41) is 5.42. The maximum Gasteiger partial charge on any atom is 0.254 e. The third-order valence-corrected chi connectivity index (χ3v) is 2.64. The molecule has 1 unspecified atom stereocenters. The number of nitrogens with zero attached hydrogens (tertiary/aromatic N) is 1. The Bertz CT molecular complexity index is 479. The molecule has 0 radical (unpaired) electrons. The molecule has 19 heavy (non-hydrogen) atoms. The molecule has 0 spiro atoms. The predicted octanol–water partition coefficient (Wildman–Crippen LogP) is 0.962. The molecule has 4 N–H and O–H groups in total. The predicted molar refractivity (Wildman–Crippen MR) is 73.9 cm³/mol. The maximum atomic E-state index is 11.9. The Kier molecular flexibility index (Phi) is 5.57. The topological polar surface area (TPSA) is 97.1 Å². The van der Waals surface area contributed by atoms with E-state index < -0.39 is 11.9 Å². The van der Waals surface area contributed by atoms with Crippen LogP contribution >= 0.6 is 11.6 Å². The zero-order valence-electron chi connectivity index (χ0n) is 10.9. The number of carbonyl (C=O) groups excluding carboxylic acids is 2. The minimum atomic E-state index is -0.648. The number of hydrogen-bond donors (Lipinski definition) is 3. The van der Waals surface area contributed by atoms with Gasteiger partial charge in [-0.3, -0.25) is 9.59 Å². The van der Waals surface area contributed by atoms with Gasteiger partial charge in [0, 0.05) is 6.54 Å². The molecule has 0 aliphatic rings. The van der Waals surface area contributed by atoms with E-state index in [1.165, 1.54) is 12.3 Å². The molecule has 1 atom stereocenters. The summed E-state index contributed by atoms with van der Waals surface area (Å²) in [6.07, 6.45) is 2.14. The van der Waals surface area contributed by atoms with Crippen molar-refractivity contribution in [2.45, 2.75) is 26.3 Å². The van der Waals surface area contributed by atoms with E-state index in [0.717, 1.165) is 6.42 Å². The highest BCUT2D eigenvalue weighted by molar-refractivity contribution is 6.29. The van der Waals surface area contributed by atoms with Crippen molar-refractivity contribution < 1.29 is 9.59 Å². The van der Waals surface area contributed by atoms with Gasteiger partial charge in [-0.15, -0.1) is 0 Å². The number of carbonyl (C=O) groups is 2. The molecule has 0 aliphatic heterocycles. The largest absolute Gasteiger partial charge is 0.397 e. The van der Waals surface area contributed by atoms with Gasteiger partial charge in [-0.05, 0) is 19.4 Å². The van der Waals surface area contributed by atoms with E-state index in [4.69, 9.17) is 17.3 Å².